The smallest absolute Gasteiger partial charge is 0.423 e. The molecule has 0 bridgehead atoms. The van der Waals surface area contributed by atoms with E-state index in [2.05, 4.69) is 0 Å². The molecule has 0 spiro atoms. The van der Waals surface area contributed by atoms with Crippen LogP contribution in [0.15, 0.2) is 48.5 Å². The first-order valence-corrected chi connectivity index (χ1v) is 7.58. The van der Waals surface area contributed by atoms with E-state index in [-0.39, 0.29) is 11.2 Å². The third-order valence-electron chi connectivity index (χ3n) is 2.84. The van der Waals surface area contributed by atoms with Gasteiger partial charge in [0.25, 0.3) is 0 Å². The lowest BCUT2D eigenvalue weighted by Crippen LogP contribution is -2.32. The molecule has 1 atom stereocenters. The fraction of sp³-hybridized carbons (Fsp3) is 0.143. The summed E-state index contributed by atoms with van der Waals surface area (Å²) in [4.78, 5) is 0. The van der Waals surface area contributed by atoms with Crippen molar-refractivity contribution in [2.24, 2.45) is 0 Å². The third-order valence-corrected chi connectivity index (χ3v) is 4.15. The zero-order valence-electron chi connectivity index (χ0n) is 10.7. The van der Waals surface area contributed by atoms with E-state index < -0.39 is 23.7 Å². The number of halogens is 1. The average molecular weight is 292 g/mol. The summed E-state index contributed by atoms with van der Waals surface area (Å²) in [6.07, 6.45) is 0. The maximum Gasteiger partial charge on any atom is 0.491 e. The van der Waals surface area contributed by atoms with Gasteiger partial charge in [-0.25, -0.2) is 4.39 Å². The van der Waals surface area contributed by atoms with Gasteiger partial charge in [-0.05, 0) is 17.2 Å². The van der Waals surface area contributed by atoms with Gasteiger partial charge in [0.1, 0.15) is 5.82 Å². The highest BCUT2D eigenvalue weighted by atomic mass is 32.2. The summed E-state index contributed by atoms with van der Waals surface area (Å²) in [5.41, 5.74) is 1.36. The van der Waals surface area contributed by atoms with Gasteiger partial charge in [-0.3, -0.25) is 4.21 Å². The van der Waals surface area contributed by atoms with Gasteiger partial charge < -0.3 is 10.0 Å². The molecule has 2 rings (SSSR count). The standard InChI is InChI=1S/C14H14BFO3S/c16-14-8-12(6-7-13(14)15(17)18)10-20(19)9-11-4-2-1-3-5-11/h1-8,17-18H,9-10H2. The second-order valence-corrected chi connectivity index (χ2v) is 5.90. The van der Waals surface area contributed by atoms with Gasteiger partial charge >= 0.3 is 7.12 Å². The van der Waals surface area contributed by atoms with Crippen molar-refractivity contribution in [3.8, 4) is 0 Å². The zero-order chi connectivity index (χ0) is 14.5. The van der Waals surface area contributed by atoms with Crippen molar-refractivity contribution in [2.45, 2.75) is 11.5 Å². The lowest BCUT2D eigenvalue weighted by Gasteiger charge is -2.06. The Balaban J connectivity index is 2.03. The zero-order valence-corrected chi connectivity index (χ0v) is 11.5. The van der Waals surface area contributed by atoms with Crippen LogP contribution in [0.4, 0.5) is 4.39 Å². The Kier molecular flexibility index (Phi) is 5.06. The summed E-state index contributed by atoms with van der Waals surface area (Å²) in [5.74, 6) is -0.0605. The van der Waals surface area contributed by atoms with Gasteiger partial charge in [0, 0.05) is 27.8 Å². The van der Waals surface area contributed by atoms with Crippen LogP contribution in [0.25, 0.3) is 0 Å². The molecule has 0 heterocycles. The Morgan fingerprint density at radius 2 is 1.65 bits per heavy atom. The molecule has 2 N–H and O–H groups in total. The topological polar surface area (TPSA) is 57.5 Å². The molecule has 6 heteroatoms. The Morgan fingerprint density at radius 3 is 2.25 bits per heavy atom. The quantitative estimate of drug-likeness (QED) is 0.807. The van der Waals surface area contributed by atoms with Crippen molar-refractivity contribution >= 4 is 23.4 Å². The molecule has 104 valence electrons. The van der Waals surface area contributed by atoms with Gasteiger partial charge in [0.15, 0.2) is 0 Å². The normalized spacial score (nSPS) is 12.2. The minimum Gasteiger partial charge on any atom is -0.423 e. The third kappa shape index (κ3) is 4.00. The first-order valence-electron chi connectivity index (χ1n) is 6.09. The van der Waals surface area contributed by atoms with E-state index in [1.807, 2.05) is 30.3 Å². The minimum absolute atomic E-state index is 0.178. The molecule has 0 saturated carbocycles. The van der Waals surface area contributed by atoms with E-state index in [1.165, 1.54) is 12.1 Å². The summed E-state index contributed by atoms with van der Waals surface area (Å²) in [6.45, 7) is 0. The van der Waals surface area contributed by atoms with E-state index in [0.717, 1.165) is 5.56 Å². The Labute approximate surface area is 119 Å². The van der Waals surface area contributed by atoms with Gasteiger partial charge in [0.05, 0.1) is 0 Å². The van der Waals surface area contributed by atoms with Crippen LogP contribution in [0, 0.1) is 5.82 Å². The molecular weight excluding hydrogens is 278 g/mol. The van der Waals surface area contributed by atoms with Gasteiger partial charge in [-0.2, -0.15) is 0 Å². The highest BCUT2D eigenvalue weighted by Gasteiger charge is 2.16. The highest BCUT2D eigenvalue weighted by molar-refractivity contribution is 7.83. The highest BCUT2D eigenvalue weighted by Crippen LogP contribution is 2.10. The van der Waals surface area contributed by atoms with Crippen LogP contribution >= 0.6 is 0 Å². The predicted molar refractivity (Wildman–Crippen MR) is 78.2 cm³/mol. The molecule has 0 radical (unpaired) electrons. The van der Waals surface area contributed by atoms with Crippen molar-refractivity contribution in [3.63, 3.8) is 0 Å². The van der Waals surface area contributed by atoms with Crippen LogP contribution in [0.2, 0.25) is 0 Å². The van der Waals surface area contributed by atoms with E-state index in [4.69, 9.17) is 10.0 Å². The summed E-state index contributed by atoms with van der Waals surface area (Å²) in [5, 5.41) is 17.9. The fourth-order valence-corrected chi connectivity index (χ4v) is 3.08. The molecule has 20 heavy (non-hydrogen) atoms. The lowest BCUT2D eigenvalue weighted by molar-refractivity contribution is 0.423. The van der Waals surface area contributed by atoms with E-state index in [1.54, 1.807) is 6.07 Å². The molecule has 0 aliphatic heterocycles. The van der Waals surface area contributed by atoms with E-state index >= 15 is 0 Å². The van der Waals surface area contributed by atoms with Crippen molar-refractivity contribution < 1.29 is 18.6 Å². The summed E-state index contributed by atoms with van der Waals surface area (Å²) in [6, 6.07) is 13.5. The van der Waals surface area contributed by atoms with Gasteiger partial charge in [-0.15, -0.1) is 0 Å². The van der Waals surface area contributed by atoms with Crippen LogP contribution in [-0.2, 0) is 22.3 Å². The van der Waals surface area contributed by atoms with E-state index in [9.17, 15) is 8.60 Å². The summed E-state index contributed by atoms with van der Waals surface area (Å²) >= 11 is 0. The molecule has 0 aliphatic rings. The van der Waals surface area contributed by atoms with Gasteiger partial charge in [-0.1, -0.05) is 42.5 Å². The molecule has 1 unspecified atom stereocenters. The van der Waals surface area contributed by atoms with Crippen molar-refractivity contribution in [1.82, 2.24) is 0 Å². The maximum atomic E-state index is 13.6. The number of rotatable bonds is 5. The Bertz CT molecular complexity index is 605. The largest absolute Gasteiger partial charge is 0.491 e. The first kappa shape index (κ1) is 14.9. The van der Waals surface area contributed by atoms with E-state index in [0.29, 0.717) is 11.3 Å². The number of hydrogen-bond donors (Lipinski definition) is 2. The van der Waals surface area contributed by atoms with Crippen LogP contribution in [0.5, 0.6) is 0 Å². The molecule has 0 saturated heterocycles. The Morgan fingerprint density at radius 1 is 1.00 bits per heavy atom. The molecule has 0 amide bonds. The van der Waals surface area contributed by atoms with Gasteiger partial charge in [0.2, 0.25) is 0 Å². The van der Waals surface area contributed by atoms with Crippen molar-refractivity contribution in [2.75, 3.05) is 0 Å². The SMILES string of the molecule is O=S(Cc1ccccc1)Cc1ccc(B(O)O)c(F)c1. The van der Waals surface area contributed by atoms with Crippen LogP contribution in [0.3, 0.4) is 0 Å². The van der Waals surface area contributed by atoms with Crippen molar-refractivity contribution in [1.29, 1.82) is 0 Å². The second kappa shape index (κ2) is 6.79. The molecular formula is C14H14BFO3S. The van der Waals surface area contributed by atoms with Crippen LogP contribution in [-0.4, -0.2) is 21.4 Å². The average Bonchev–Trinajstić information content (AvgIpc) is 2.39. The maximum absolute atomic E-state index is 13.6. The molecule has 0 fully saturated rings. The minimum atomic E-state index is -1.83. The monoisotopic (exact) mass is 292 g/mol. The second-order valence-electron chi connectivity index (χ2n) is 4.44. The van der Waals surface area contributed by atoms with Crippen LogP contribution in [0.1, 0.15) is 11.1 Å². The fourth-order valence-electron chi connectivity index (χ4n) is 1.87. The molecule has 2 aromatic rings. The lowest BCUT2D eigenvalue weighted by atomic mass is 9.79. The summed E-state index contributed by atoms with van der Waals surface area (Å²) in [7, 11) is -2.97. The summed E-state index contributed by atoms with van der Waals surface area (Å²) < 4.78 is 25.6. The molecule has 0 aliphatic carbocycles. The van der Waals surface area contributed by atoms with Crippen LogP contribution < -0.4 is 5.46 Å². The first-order chi connectivity index (χ1) is 9.56. The number of hydrogen-bond acceptors (Lipinski definition) is 3. The predicted octanol–water partition coefficient (Wildman–Crippen LogP) is 0.954. The molecule has 0 aromatic heterocycles. The van der Waals surface area contributed by atoms with Crippen molar-refractivity contribution in [3.05, 3.63) is 65.5 Å². The molecule has 2 aromatic carbocycles. The Hall–Kier alpha value is -1.50. The number of benzene rings is 2. The molecule has 3 nitrogen and oxygen atoms in total.